The quantitative estimate of drug-likeness (QED) is 0.366. The predicted molar refractivity (Wildman–Crippen MR) is 129 cm³/mol. The summed E-state index contributed by atoms with van der Waals surface area (Å²) in [5, 5.41) is 16.0. The molecule has 0 spiro atoms. The lowest BCUT2D eigenvalue weighted by Gasteiger charge is -2.17. The summed E-state index contributed by atoms with van der Waals surface area (Å²) in [7, 11) is 0. The molecule has 0 radical (unpaired) electrons. The fourth-order valence-electron chi connectivity index (χ4n) is 3.30. The summed E-state index contributed by atoms with van der Waals surface area (Å²) >= 11 is 6.24. The average molecular weight is 458 g/mol. The number of H-pyrrole nitrogens is 1. The summed E-state index contributed by atoms with van der Waals surface area (Å²) in [5.41, 5.74) is 2.30. The molecule has 7 nitrogen and oxygen atoms in total. The summed E-state index contributed by atoms with van der Waals surface area (Å²) < 4.78 is 0. The first-order chi connectivity index (χ1) is 15.8. The third-order valence-electron chi connectivity index (χ3n) is 5.25. The zero-order valence-corrected chi connectivity index (χ0v) is 18.7. The van der Waals surface area contributed by atoms with Crippen LogP contribution in [0.15, 0.2) is 67.0 Å². The molecule has 0 saturated carbocycles. The van der Waals surface area contributed by atoms with Crippen LogP contribution in [0.1, 0.15) is 40.1 Å². The maximum atomic E-state index is 12.8. The summed E-state index contributed by atoms with van der Waals surface area (Å²) in [6, 6.07) is 17.5. The first kappa shape index (κ1) is 22.1. The minimum absolute atomic E-state index is 0.165. The van der Waals surface area contributed by atoms with Crippen LogP contribution in [-0.2, 0) is 5.41 Å². The van der Waals surface area contributed by atoms with Crippen molar-refractivity contribution in [3.63, 3.8) is 0 Å². The van der Waals surface area contributed by atoms with Crippen molar-refractivity contribution >= 4 is 45.8 Å². The van der Waals surface area contributed by atoms with E-state index in [-0.39, 0.29) is 16.1 Å². The summed E-state index contributed by atoms with van der Waals surface area (Å²) in [6.45, 7) is 3.61. The van der Waals surface area contributed by atoms with Gasteiger partial charge in [0.25, 0.3) is 11.8 Å². The van der Waals surface area contributed by atoms with Crippen molar-refractivity contribution in [2.24, 2.45) is 0 Å². The fraction of sp³-hybridized carbons (Fsp3) is 0.120. The Balaban J connectivity index is 1.54. The molecule has 4 aromatic rings. The highest BCUT2D eigenvalue weighted by Gasteiger charge is 2.20. The number of amides is 2. The number of nitrogens with zero attached hydrogens (tertiary/aromatic N) is 2. The second kappa shape index (κ2) is 8.77. The fourth-order valence-corrected chi connectivity index (χ4v) is 3.50. The summed E-state index contributed by atoms with van der Waals surface area (Å²) in [4.78, 5) is 32.9. The number of fused-ring (bicyclic) bond motifs is 1. The number of anilines is 2. The Morgan fingerprint density at radius 1 is 1.03 bits per heavy atom. The molecule has 164 valence electrons. The smallest absolute Gasteiger partial charge is 0.257 e. The second-order valence-electron chi connectivity index (χ2n) is 8.06. The van der Waals surface area contributed by atoms with Gasteiger partial charge in [-0.25, -0.2) is 4.98 Å². The van der Waals surface area contributed by atoms with Gasteiger partial charge in [-0.1, -0.05) is 23.7 Å². The Morgan fingerprint density at radius 3 is 2.61 bits per heavy atom. The average Bonchev–Trinajstić information content (AvgIpc) is 3.27. The van der Waals surface area contributed by atoms with E-state index in [9.17, 15) is 14.9 Å². The van der Waals surface area contributed by atoms with Gasteiger partial charge < -0.3 is 15.6 Å². The van der Waals surface area contributed by atoms with Crippen LogP contribution < -0.4 is 10.6 Å². The molecule has 0 fully saturated rings. The van der Waals surface area contributed by atoms with Crippen LogP contribution in [0.25, 0.3) is 11.0 Å². The van der Waals surface area contributed by atoms with Gasteiger partial charge in [-0.2, -0.15) is 5.26 Å². The van der Waals surface area contributed by atoms with Gasteiger partial charge in [0.05, 0.1) is 34.0 Å². The molecule has 4 rings (SSSR count). The van der Waals surface area contributed by atoms with Crippen LogP contribution >= 0.6 is 11.6 Å². The maximum Gasteiger partial charge on any atom is 0.257 e. The molecule has 3 N–H and O–H groups in total. The van der Waals surface area contributed by atoms with E-state index >= 15 is 0 Å². The van der Waals surface area contributed by atoms with Gasteiger partial charge in [0.15, 0.2) is 0 Å². The standard InChI is InChI=1S/C25H20ClN5O2/c1-25(2,14-27)17-4-3-5-18(12-17)30-23(32)16-6-7-21(26)20(11-16)24(33)31-19-10-15-8-9-28-22(15)29-13-19/h3-13H,1-2H3,(H,28,29)(H,30,32)(H,31,33). The van der Waals surface area contributed by atoms with Gasteiger partial charge in [0.2, 0.25) is 0 Å². The van der Waals surface area contributed by atoms with Crippen molar-refractivity contribution in [1.82, 2.24) is 9.97 Å². The third kappa shape index (κ3) is 4.71. The highest BCUT2D eigenvalue weighted by atomic mass is 35.5. The van der Waals surface area contributed by atoms with Gasteiger partial charge in [0, 0.05) is 22.8 Å². The monoisotopic (exact) mass is 457 g/mol. The highest BCUT2D eigenvalue weighted by Crippen LogP contribution is 2.26. The van der Waals surface area contributed by atoms with Crippen molar-refractivity contribution in [2.75, 3.05) is 10.6 Å². The van der Waals surface area contributed by atoms with Crippen LogP contribution in [0.5, 0.6) is 0 Å². The molecular weight excluding hydrogens is 438 g/mol. The number of carbonyl (C=O) groups is 2. The normalized spacial score (nSPS) is 11.1. The predicted octanol–water partition coefficient (Wildman–Crippen LogP) is 5.52. The largest absolute Gasteiger partial charge is 0.346 e. The second-order valence-corrected chi connectivity index (χ2v) is 8.47. The summed E-state index contributed by atoms with van der Waals surface area (Å²) in [6.07, 6.45) is 3.30. The van der Waals surface area contributed by atoms with Gasteiger partial charge in [-0.15, -0.1) is 0 Å². The van der Waals surface area contributed by atoms with Crippen LogP contribution in [0.3, 0.4) is 0 Å². The molecule has 2 heterocycles. The van der Waals surface area contributed by atoms with E-state index in [1.807, 2.05) is 12.1 Å². The number of nitriles is 1. The third-order valence-corrected chi connectivity index (χ3v) is 5.58. The molecule has 2 amide bonds. The van der Waals surface area contributed by atoms with Crippen LogP contribution in [-0.4, -0.2) is 21.8 Å². The molecule has 2 aromatic carbocycles. The number of nitrogens with one attached hydrogen (secondary N) is 3. The molecular formula is C25H20ClN5O2. The van der Waals surface area contributed by atoms with E-state index in [0.29, 0.717) is 17.0 Å². The lowest BCUT2D eigenvalue weighted by atomic mass is 9.86. The molecule has 33 heavy (non-hydrogen) atoms. The first-order valence-corrected chi connectivity index (χ1v) is 10.5. The molecule has 0 atom stereocenters. The van der Waals surface area contributed by atoms with E-state index in [1.54, 1.807) is 50.4 Å². The number of hydrogen-bond acceptors (Lipinski definition) is 4. The van der Waals surface area contributed by atoms with Crippen molar-refractivity contribution in [3.8, 4) is 6.07 Å². The van der Waals surface area contributed by atoms with Crippen LogP contribution in [0, 0.1) is 11.3 Å². The molecule has 0 bridgehead atoms. The van der Waals surface area contributed by atoms with Crippen molar-refractivity contribution in [1.29, 1.82) is 5.26 Å². The minimum atomic E-state index is -0.690. The molecule has 0 aliphatic rings. The van der Waals surface area contributed by atoms with Gasteiger partial charge in [-0.3, -0.25) is 9.59 Å². The number of aromatic nitrogens is 2. The Morgan fingerprint density at radius 2 is 1.82 bits per heavy atom. The highest BCUT2D eigenvalue weighted by molar-refractivity contribution is 6.34. The van der Waals surface area contributed by atoms with Crippen molar-refractivity contribution < 1.29 is 9.59 Å². The SMILES string of the molecule is CC(C)(C#N)c1cccc(NC(=O)c2ccc(Cl)c(C(=O)Nc3cnc4[nH]ccc4c3)c2)c1. The number of pyridine rings is 1. The number of hydrogen-bond donors (Lipinski definition) is 3. The van der Waals surface area contributed by atoms with Crippen molar-refractivity contribution in [3.05, 3.63) is 88.7 Å². The van der Waals surface area contributed by atoms with E-state index in [2.05, 4.69) is 26.7 Å². The number of aromatic amines is 1. The van der Waals surface area contributed by atoms with Gasteiger partial charge in [-0.05, 0) is 61.9 Å². The Kier molecular flexibility index (Phi) is 5.86. The first-order valence-electron chi connectivity index (χ1n) is 10.1. The molecule has 0 aliphatic heterocycles. The van der Waals surface area contributed by atoms with E-state index in [0.717, 1.165) is 10.9 Å². The molecule has 8 heteroatoms. The lowest BCUT2D eigenvalue weighted by Crippen LogP contribution is -2.17. The van der Waals surface area contributed by atoms with Gasteiger partial charge >= 0.3 is 0 Å². The maximum absolute atomic E-state index is 12.8. The number of rotatable bonds is 5. The van der Waals surface area contributed by atoms with Crippen LogP contribution in [0.2, 0.25) is 5.02 Å². The van der Waals surface area contributed by atoms with E-state index in [4.69, 9.17) is 11.6 Å². The molecule has 0 aliphatic carbocycles. The zero-order valence-electron chi connectivity index (χ0n) is 17.9. The molecule has 0 saturated heterocycles. The Labute approximate surface area is 195 Å². The lowest BCUT2D eigenvalue weighted by molar-refractivity contribution is 0.102. The minimum Gasteiger partial charge on any atom is -0.346 e. The van der Waals surface area contributed by atoms with E-state index < -0.39 is 17.2 Å². The Bertz CT molecular complexity index is 1420. The van der Waals surface area contributed by atoms with E-state index in [1.165, 1.54) is 18.3 Å². The Hall–Kier alpha value is -4.15. The topological polar surface area (TPSA) is 111 Å². The van der Waals surface area contributed by atoms with Gasteiger partial charge in [0.1, 0.15) is 5.65 Å². The number of benzene rings is 2. The van der Waals surface area contributed by atoms with Crippen LogP contribution in [0.4, 0.5) is 11.4 Å². The number of carbonyl (C=O) groups excluding carboxylic acids is 2. The number of halogens is 1. The summed E-state index contributed by atoms with van der Waals surface area (Å²) in [5.74, 6) is -0.854. The van der Waals surface area contributed by atoms with Crippen molar-refractivity contribution in [2.45, 2.75) is 19.3 Å². The molecule has 2 aromatic heterocycles. The molecule has 0 unspecified atom stereocenters. The zero-order chi connectivity index (χ0) is 23.6.